The third-order valence-electron chi connectivity index (χ3n) is 7.77. The predicted molar refractivity (Wildman–Crippen MR) is 169 cm³/mol. The predicted octanol–water partition coefficient (Wildman–Crippen LogP) is 2.80. The Bertz CT molecular complexity index is 1540. The monoisotopic (exact) mass is 635 g/mol. The van der Waals surface area contributed by atoms with Crippen molar-refractivity contribution in [3.63, 3.8) is 0 Å². The minimum absolute atomic E-state index is 0.00801. The molecule has 2 atom stereocenters. The molecule has 2 aliphatic heterocycles. The van der Waals surface area contributed by atoms with E-state index >= 15 is 0 Å². The summed E-state index contributed by atoms with van der Waals surface area (Å²) in [5.41, 5.74) is 0.170. The average molecular weight is 636 g/mol. The molecule has 0 saturated carbocycles. The van der Waals surface area contributed by atoms with Crippen LogP contribution in [0.25, 0.3) is 0 Å². The van der Waals surface area contributed by atoms with E-state index in [9.17, 15) is 22.6 Å². The molecule has 44 heavy (non-hydrogen) atoms. The van der Waals surface area contributed by atoms with Gasteiger partial charge < -0.3 is 19.1 Å². The summed E-state index contributed by atoms with van der Waals surface area (Å²) in [7, 11) is -4.32. The quantitative estimate of drug-likeness (QED) is 0.171. The molecule has 230 valence electrons. The van der Waals surface area contributed by atoms with Crippen molar-refractivity contribution < 1.29 is 31.6 Å². The first-order chi connectivity index (χ1) is 21.2. The largest absolute Gasteiger partial charge is 0.724 e. The van der Waals surface area contributed by atoms with E-state index in [1.54, 1.807) is 13.1 Å². The molecule has 2 heterocycles. The van der Waals surface area contributed by atoms with Crippen molar-refractivity contribution in [1.82, 2.24) is 14.9 Å². The smallest absolute Gasteiger partial charge is 0.346 e. The summed E-state index contributed by atoms with van der Waals surface area (Å²) < 4.78 is 43.8. The maximum Gasteiger partial charge on any atom is 0.346 e. The molecule has 2 bridgehead atoms. The van der Waals surface area contributed by atoms with Crippen molar-refractivity contribution in [2.75, 3.05) is 33.9 Å². The Morgan fingerprint density at radius 1 is 0.977 bits per heavy atom. The van der Waals surface area contributed by atoms with Crippen LogP contribution in [-0.4, -0.2) is 85.7 Å². The number of ether oxygens (including phenoxy) is 1. The number of hydroxylamine groups is 2. The van der Waals surface area contributed by atoms with Gasteiger partial charge in [-0.1, -0.05) is 54.6 Å². The summed E-state index contributed by atoms with van der Waals surface area (Å²) in [4.78, 5) is 29.4. The fourth-order valence-electron chi connectivity index (χ4n) is 5.73. The molecule has 0 aromatic heterocycles. The Hall–Kier alpha value is -3.86. The summed E-state index contributed by atoms with van der Waals surface area (Å²) in [6.07, 6.45) is 4.23. The SMILES string of the molecule is COC[C@@H]1C=C(C(=O)N(C)CC/C=C/[P+](c2ccccc2)(c2ccccc2)c2ccccc2)[C@@H]2CN1C(=O)N2OS(=O)(=O)[O-]. The number of nitrogens with zero attached hydrogens (tertiary/aromatic N) is 3. The second kappa shape index (κ2) is 13.4. The Balaban J connectivity index is 1.40. The first-order valence-electron chi connectivity index (χ1n) is 14.1. The van der Waals surface area contributed by atoms with Gasteiger partial charge in [0.2, 0.25) is 10.4 Å². The van der Waals surface area contributed by atoms with Crippen molar-refractivity contribution in [1.29, 1.82) is 0 Å². The number of carbonyl (C=O) groups is 2. The number of hydrogen-bond donors (Lipinski definition) is 0. The van der Waals surface area contributed by atoms with E-state index < -0.39 is 41.7 Å². The molecule has 3 aromatic carbocycles. The molecule has 0 radical (unpaired) electrons. The summed E-state index contributed by atoms with van der Waals surface area (Å²) >= 11 is 0. The molecule has 0 N–H and O–H groups in total. The second-order valence-electron chi connectivity index (χ2n) is 10.5. The van der Waals surface area contributed by atoms with Gasteiger partial charge in [0.25, 0.3) is 5.91 Å². The highest BCUT2D eigenvalue weighted by atomic mass is 32.3. The van der Waals surface area contributed by atoms with Crippen LogP contribution in [0.5, 0.6) is 0 Å². The molecule has 2 aliphatic rings. The van der Waals surface area contributed by atoms with Gasteiger partial charge in [0, 0.05) is 26.3 Å². The minimum atomic E-state index is -5.24. The first-order valence-corrected chi connectivity index (χ1v) is 17.3. The van der Waals surface area contributed by atoms with Crippen LogP contribution in [0, 0.1) is 0 Å². The third-order valence-corrected chi connectivity index (χ3v) is 12.1. The van der Waals surface area contributed by atoms with Crippen molar-refractivity contribution in [2.45, 2.75) is 18.5 Å². The molecule has 1 saturated heterocycles. The molecule has 12 heteroatoms. The van der Waals surface area contributed by atoms with E-state index in [1.165, 1.54) is 32.8 Å². The number of rotatable bonds is 12. The number of benzene rings is 3. The zero-order valence-electron chi connectivity index (χ0n) is 24.4. The highest BCUT2D eigenvalue weighted by molar-refractivity contribution is 7.98. The van der Waals surface area contributed by atoms with E-state index in [2.05, 4.69) is 52.6 Å². The number of fused-ring (bicyclic) bond motifs is 2. The van der Waals surface area contributed by atoms with Crippen LogP contribution >= 0.6 is 7.26 Å². The fourth-order valence-corrected chi connectivity index (χ4v) is 9.90. The lowest BCUT2D eigenvalue weighted by atomic mass is 9.99. The minimum Gasteiger partial charge on any atom is -0.724 e. The van der Waals surface area contributed by atoms with E-state index in [0.717, 1.165) is 0 Å². The lowest BCUT2D eigenvalue weighted by Gasteiger charge is -2.30. The normalized spacial score (nSPS) is 18.5. The highest BCUT2D eigenvalue weighted by Crippen LogP contribution is 2.56. The van der Waals surface area contributed by atoms with Crippen LogP contribution in [0.1, 0.15) is 6.42 Å². The van der Waals surface area contributed by atoms with Crippen LogP contribution in [0.2, 0.25) is 0 Å². The number of urea groups is 1. The van der Waals surface area contributed by atoms with Gasteiger partial charge in [0.1, 0.15) is 29.2 Å². The van der Waals surface area contributed by atoms with Gasteiger partial charge in [0.15, 0.2) is 0 Å². The topological polar surface area (TPSA) is 120 Å². The fraction of sp³-hybridized carbons (Fsp3) is 0.250. The van der Waals surface area contributed by atoms with Gasteiger partial charge >= 0.3 is 6.03 Å². The van der Waals surface area contributed by atoms with E-state index in [0.29, 0.717) is 18.0 Å². The number of likely N-dealkylation sites (N-methyl/N-ethyl adjacent to an activating group) is 1. The summed E-state index contributed by atoms with van der Waals surface area (Å²) in [5, 5.41) is 4.10. The maximum atomic E-state index is 13.7. The standard InChI is InChI=1S/C32H34N3O7PS/c1-33(31(36)29-22-25(24-41-2)34-23-30(29)35(32(34)37)42-44(38,39)40)20-12-13-21-43(26-14-6-3-7-15-26,27-16-8-4-9-17-27)28-18-10-5-11-19-28/h3-11,13-19,21-22,25,30H,12,20,23-24H2,1-2H3/b21-13+/t25-,30-/m0/s1. The Morgan fingerprint density at radius 2 is 1.50 bits per heavy atom. The van der Waals surface area contributed by atoms with Gasteiger partial charge in [-0.25, -0.2) is 13.2 Å². The first kappa shape index (κ1) is 31.6. The van der Waals surface area contributed by atoms with Crippen LogP contribution < -0.4 is 15.9 Å². The number of methoxy groups -OCH3 is 1. The molecule has 1 fully saturated rings. The molecular formula is C32H34N3O7PS. The molecule has 0 unspecified atom stereocenters. The van der Waals surface area contributed by atoms with Gasteiger partial charge in [-0.3, -0.25) is 4.79 Å². The van der Waals surface area contributed by atoms with Gasteiger partial charge in [-0.2, -0.15) is 9.35 Å². The molecule has 3 amide bonds. The molecule has 10 nitrogen and oxygen atoms in total. The lowest BCUT2D eigenvalue weighted by Crippen LogP contribution is -2.44. The molecule has 0 spiro atoms. The lowest BCUT2D eigenvalue weighted by molar-refractivity contribution is -0.127. The summed E-state index contributed by atoms with van der Waals surface area (Å²) in [6, 6.07) is 28.7. The van der Waals surface area contributed by atoms with Crippen molar-refractivity contribution in [3.8, 4) is 0 Å². The maximum absolute atomic E-state index is 13.7. The van der Waals surface area contributed by atoms with Crippen molar-refractivity contribution >= 4 is 45.5 Å². The Morgan fingerprint density at radius 3 is 1.98 bits per heavy atom. The van der Waals surface area contributed by atoms with Crippen LogP contribution in [0.4, 0.5) is 4.79 Å². The van der Waals surface area contributed by atoms with Crippen molar-refractivity contribution in [3.05, 3.63) is 115 Å². The second-order valence-corrected chi connectivity index (χ2v) is 14.8. The highest BCUT2D eigenvalue weighted by Gasteiger charge is 2.49. The molecule has 3 aromatic rings. The van der Waals surface area contributed by atoms with Crippen LogP contribution in [0.3, 0.4) is 0 Å². The van der Waals surface area contributed by atoms with Gasteiger partial charge in [-0.05, 0) is 55.0 Å². The zero-order chi connectivity index (χ0) is 31.3. The summed E-state index contributed by atoms with van der Waals surface area (Å²) in [5.74, 6) is 1.88. The Labute approximate surface area is 258 Å². The summed E-state index contributed by atoms with van der Waals surface area (Å²) in [6.45, 7) is 0.431. The Kier molecular flexibility index (Phi) is 9.62. The zero-order valence-corrected chi connectivity index (χ0v) is 26.1. The van der Waals surface area contributed by atoms with Gasteiger partial charge in [0.05, 0.1) is 25.0 Å². The van der Waals surface area contributed by atoms with E-state index in [-0.39, 0.29) is 18.7 Å². The number of hydrogen-bond acceptors (Lipinski definition) is 7. The molecule has 5 rings (SSSR count). The molecular weight excluding hydrogens is 601 g/mol. The third kappa shape index (κ3) is 6.47. The number of carbonyl (C=O) groups excluding carboxylic acids is 2. The van der Waals surface area contributed by atoms with E-state index in [1.807, 2.05) is 54.6 Å². The van der Waals surface area contributed by atoms with Crippen molar-refractivity contribution in [2.24, 2.45) is 0 Å². The average Bonchev–Trinajstić information content (AvgIpc) is 3.29. The van der Waals surface area contributed by atoms with Crippen LogP contribution in [0.15, 0.2) is 115 Å². The van der Waals surface area contributed by atoms with Crippen LogP contribution in [-0.2, 0) is 24.2 Å². The van der Waals surface area contributed by atoms with Gasteiger partial charge in [-0.15, -0.1) is 0 Å². The van der Waals surface area contributed by atoms with E-state index in [4.69, 9.17) is 4.74 Å². The molecule has 0 aliphatic carbocycles. The number of amides is 3.